The first-order valence-electron chi connectivity index (χ1n) is 5.74. The number of nitrogens with zero attached hydrogens (tertiary/aromatic N) is 2. The van der Waals surface area contributed by atoms with E-state index in [4.69, 9.17) is 14.9 Å². The Labute approximate surface area is 100 Å². The normalized spacial score (nSPS) is 10.7. The number of aryl methyl sites for hydroxylation is 1. The van der Waals surface area contributed by atoms with E-state index in [0.29, 0.717) is 13.2 Å². The molecule has 2 aromatic heterocycles. The summed E-state index contributed by atoms with van der Waals surface area (Å²) in [4.78, 5) is 0. The van der Waals surface area contributed by atoms with Crippen molar-refractivity contribution < 1.29 is 9.15 Å². The maximum atomic E-state index is 5.62. The van der Waals surface area contributed by atoms with Crippen molar-refractivity contribution in [3.63, 3.8) is 0 Å². The number of aromatic nitrogens is 2. The average molecular weight is 235 g/mol. The van der Waals surface area contributed by atoms with Crippen LogP contribution in [0.15, 0.2) is 29.1 Å². The molecule has 0 fully saturated rings. The molecule has 2 heterocycles. The molecule has 0 radical (unpaired) electrons. The van der Waals surface area contributed by atoms with Crippen LogP contribution in [0.4, 0.5) is 0 Å². The van der Waals surface area contributed by atoms with Crippen LogP contribution in [0.3, 0.4) is 0 Å². The topological polar surface area (TPSA) is 66.2 Å². The molecule has 17 heavy (non-hydrogen) atoms. The van der Waals surface area contributed by atoms with E-state index >= 15 is 0 Å². The summed E-state index contributed by atoms with van der Waals surface area (Å²) in [7, 11) is 0. The fourth-order valence-electron chi connectivity index (χ4n) is 1.61. The molecule has 0 amide bonds. The van der Waals surface area contributed by atoms with Gasteiger partial charge in [0.1, 0.15) is 12.4 Å². The third-order valence-electron chi connectivity index (χ3n) is 2.48. The molecule has 2 aromatic rings. The fraction of sp³-hybridized carbons (Fsp3) is 0.417. The van der Waals surface area contributed by atoms with Gasteiger partial charge in [-0.05, 0) is 12.5 Å². The van der Waals surface area contributed by atoms with Gasteiger partial charge in [0.05, 0.1) is 25.2 Å². The molecule has 0 spiro atoms. The van der Waals surface area contributed by atoms with Crippen LogP contribution in [0.25, 0.3) is 0 Å². The highest BCUT2D eigenvalue weighted by molar-refractivity contribution is 5.18. The van der Waals surface area contributed by atoms with Crippen LogP contribution >= 0.6 is 0 Å². The van der Waals surface area contributed by atoms with Crippen molar-refractivity contribution in [1.82, 2.24) is 9.78 Å². The third kappa shape index (κ3) is 2.88. The van der Waals surface area contributed by atoms with Gasteiger partial charge in [-0.1, -0.05) is 6.92 Å². The molecule has 2 N–H and O–H groups in total. The van der Waals surface area contributed by atoms with Crippen molar-refractivity contribution in [2.75, 3.05) is 0 Å². The van der Waals surface area contributed by atoms with Crippen LogP contribution in [-0.4, -0.2) is 9.78 Å². The summed E-state index contributed by atoms with van der Waals surface area (Å²) in [5, 5.41) is 4.19. The molecule has 0 saturated carbocycles. The summed E-state index contributed by atoms with van der Waals surface area (Å²) in [6, 6.07) is 1.87. The molecular formula is C12H17N3O2. The van der Waals surface area contributed by atoms with E-state index in [9.17, 15) is 0 Å². The highest BCUT2D eigenvalue weighted by atomic mass is 16.5. The van der Waals surface area contributed by atoms with E-state index in [2.05, 4.69) is 12.0 Å². The van der Waals surface area contributed by atoms with Crippen LogP contribution in [0.1, 0.15) is 24.7 Å². The van der Waals surface area contributed by atoms with Gasteiger partial charge in [0.15, 0.2) is 5.75 Å². The Morgan fingerprint density at radius 1 is 1.53 bits per heavy atom. The lowest BCUT2D eigenvalue weighted by atomic mass is 10.2. The summed E-state index contributed by atoms with van der Waals surface area (Å²) in [6.07, 6.45) is 6.30. The van der Waals surface area contributed by atoms with Crippen molar-refractivity contribution in [3.8, 4) is 5.75 Å². The monoisotopic (exact) mass is 235 g/mol. The molecule has 0 unspecified atom stereocenters. The first kappa shape index (κ1) is 11.7. The molecular weight excluding hydrogens is 218 g/mol. The minimum Gasteiger partial charge on any atom is -0.485 e. The van der Waals surface area contributed by atoms with Crippen LogP contribution in [0.5, 0.6) is 5.75 Å². The first-order chi connectivity index (χ1) is 8.33. The molecule has 0 aromatic carbocycles. The van der Waals surface area contributed by atoms with Gasteiger partial charge in [0, 0.05) is 12.1 Å². The molecule has 0 aliphatic heterocycles. The van der Waals surface area contributed by atoms with Crippen molar-refractivity contribution in [1.29, 1.82) is 0 Å². The summed E-state index contributed by atoms with van der Waals surface area (Å²) in [5.74, 6) is 1.54. The van der Waals surface area contributed by atoms with Crippen LogP contribution in [0.2, 0.25) is 0 Å². The Morgan fingerprint density at radius 2 is 2.41 bits per heavy atom. The van der Waals surface area contributed by atoms with Gasteiger partial charge in [-0.2, -0.15) is 5.10 Å². The van der Waals surface area contributed by atoms with Gasteiger partial charge < -0.3 is 14.9 Å². The van der Waals surface area contributed by atoms with Crippen molar-refractivity contribution in [2.24, 2.45) is 5.73 Å². The quantitative estimate of drug-likeness (QED) is 0.830. The predicted molar refractivity (Wildman–Crippen MR) is 63.4 cm³/mol. The molecule has 0 aliphatic carbocycles. The van der Waals surface area contributed by atoms with Gasteiger partial charge in [0.25, 0.3) is 0 Å². The lowest BCUT2D eigenvalue weighted by Crippen LogP contribution is -2.01. The van der Waals surface area contributed by atoms with E-state index in [1.165, 1.54) is 0 Å². The highest BCUT2D eigenvalue weighted by Gasteiger charge is 2.06. The molecule has 2 rings (SSSR count). The molecule has 0 aliphatic rings. The second kappa shape index (κ2) is 5.54. The molecule has 5 nitrogen and oxygen atoms in total. The standard InChI is InChI=1S/C12H17N3O2/c1-2-4-15-8-11(7-14-15)17-9-10-3-5-16-12(10)6-13/h3,5,7-8H,2,4,6,9,13H2,1H3. The number of furan rings is 1. The minimum atomic E-state index is 0.390. The SMILES string of the molecule is CCCn1cc(OCc2ccoc2CN)cn1. The zero-order chi connectivity index (χ0) is 12.1. The zero-order valence-corrected chi connectivity index (χ0v) is 9.93. The smallest absolute Gasteiger partial charge is 0.157 e. The summed E-state index contributed by atoms with van der Waals surface area (Å²) >= 11 is 0. The summed E-state index contributed by atoms with van der Waals surface area (Å²) in [5.41, 5.74) is 6.52. The van der Waals surface area contributed by atoms with Gasteiger partial charge >= 0.3 is 0 Å². The predicted octanol–water partition coefficient (Wildman–Crippen LogP) is 1.92. The molecule has 0 atom stereocenters. The Bertz CT molecular complexity index is 462. The largest absolute Gasteiger partial charge is 0.485 e. The minimum absolute atomic E-state index is 0.390. The van der Waals surface area contributed by atoms with Crippen molar-refractivity contribution in [2.45, 2.75) is 33.0 Å². The molecule has 5 heteroatoms. The maximum absolute atomic E-state index is 5.62. The number of hydrogen-bond acceptors (Lipinski definition) is 4. The summed E-state index contributed by atoms with van der Waals surface area (Å²) in [6.45, 7) is 3.87. The van der Waals surface area contributed by atoms with E-state index < -0.39 is 0 Å². The van der Waals surface area contributed by atoms with Crippen LogP contribution in [0, 0.1) is 0 Å². The van der Waals surface area contributed by atoms with E-state index in [-0.39, 0.29) is 0 Å². The zero-order valence-electron chi connectivity index (χ0n) is 9.93. The third-order valence-corrected chi connectivity index (χ3v) is 2.48. The number of rotatable bonds is 6. The second-order valence-corrected chi connectivity index (χ2v) is 3.80. The Morgan fingerprint density at radius 3 is 3.18 bits per heavy atom. The average Bonchev–Trinajstić information content (AvgIpc) is 2.95. The van der Waals surface area contributed by atoms with Gasteiger partial charge in [0.2, 0.25) is 0 Å². The second-order valence-electron chi connectivity index (χ2n) is 3.80. The fourth-order valence-corrected chi connectivity index (χ4v) is 1.61. The van der Waals surface area contributed by atoms with Crippen molar-refractivity contribution >= 4 is 0 Å². The van der Waals surface area contributed by atoms with Gasteiger partial charge in [-0.25, -0.2) is 0 Å². The number of ether oxygens (including phenoxy) is 1. The number of hydrogen-bond donors (Lipinski definition) is 1. The van der Waals surface area contributed by atoms with E-state index in [1.807, 2.05) is 16.9 Å². The molecule has 0 saturated heterocycles. The lowest BCUT2D eigenvalue weighted by molar-refractivity contribution is 0.301. The summed E-state index contributed by atoms with van der Waals surface area (Å²) < 4.78 is 12.7. The molecule has 0 bridgehead atoms. The van der Waals surface area contributed by atoms with Crippen molar-refractivity contribution in [3.05, 3.63) is 36.0 Å². The Hall–Kier alpha value is -1.75. The molecule has 92 valence electrons. The number of nitrogens with two attached hydrogens (primary N) is 1. The van der Waals surface area contributed by atoms with Crippen LogP contribution < -0.4 is 10.5 Å². The maximum Gasteiger partial charge on any atom is 0.157 e. The first-order valence-corrected chi connectivity index (χ1v) is 5.74. The van der Waals surface area contributed by atoms with Crippen LogP contribution in [-0.2, 0) is 19.7 Å². The van der Waals surface area contributed by atoms with E-state index in [1.54, 1.807) is 12.5 Å². The highest BCUT2D eigenvalue weighted by Crippen LogP contribution is 2.15. The van der Waals surface area contributed by atoms with Gasteiger partial charge in [-0.3, -0.25) is 4.68 Å². The van der Waals surface area contributed by atoms with E-state index in [0.717, 1.165) is 30.0 Å². The Kier molecular flexibility index (Phi) is 3.82. The Balaban J connectivity index is 1.93. The lowest BCUT2D eigenvalue weighted by Gasteiger charge is -2.02. The van der Waals surface area contributed by atoms with Gasteiger partial charge in [-0.15, -0.1) is 0 Å².